The van der Waals surface area contributed by atoms with Crippen molar-refractivity contribution in [3.63, 3.8) is 0 Å². The van der Waals surface area contributed by atoms with E-state index in [0.29, 0.717) is 35.6 Å². The predicted molar refractivity (Wildman–Crippen MR) is 95.7 cm³/mol. The van der Waals surface area contributed by atoms with Crippen LogP contribution >= 0.6 is 0 Å². The Morgan fingerprint density at radius 2 is 2.12 bits per heavy atom. The number of likely N-dealkylation sites (N-methyl/N-ethyl adjacent to an activating group) is 1. The third-order valence-corrected chi connectivity index (χ3v) is 4.75. The van der Waals surface area contributed by atoms with Crippen LogP contribution < -0.4 is 0 Å². The van der Waals surface area contributed by atoms with Gasteiger partial charge in [-0.15, -0.1) is 10.2 Å². The summed E-state index contributed by atoms with van der Waals surface area (Å²) in [7, 11) is 4.03. The Hall–Kier alpha value is -2.74. The van der Waals surface area contributed by atoms with Gasteiger partial charge in [0.25, 0.3) is 5.91 Å². The normalized spacial score (nSPS) is 17.1. The van der Waals surface area contributed by atoms with Gasteiger partial charge in [-0.05, 0) is 33.2 Å². The summed E-state index contributed by atoms with van der Waals surface area (Å²) in [5.74, 6) is 2.20. The van der Waals surface area contributed by atoms with Crippen LogP contribution in [0.4, 0.5) is 0 Å². The highest BCUT2D eigenvalue weighted by Crippen LogP contribution is 2.25. The second-order valence-corrected chi connectivity index (χ2v) is 7.01. The SMILES string of the molecule is Cc1nc2c(C(=O)N3Cc4nnc(C)n4CC3CN(C)C)cccc2o1. The molecule has 4 rings (SSSR count). The van der Waals surface area contributed by atoms with E-state index in [1.807, 2.05) is 44.1 Å². The molecule has 0 bridgehead atoms. The molecular weight excluding hydrogens is 332 g/mol. The molecule has 8 heteroatoms. The van der Waals surface area contributed by atoms with Crippen LogP contribution in [0.15, 0.2) is 22.6 Å². The Kier molecular flexibility index (Phi) is 3.99. The first-order chi connectivity index (χ1) is 12.4. The molecule has 3 heterocycles. The first kappa shape index (κ1) is 16.7. The lowest BCUT2D eigenvalue weighted by atomic mass is 10.1. The molecule has 0 fully saturated rings. The number of aromatic nitrogens is 4. The van der Waals surface area contributed by atoms with E-state index in [1.165, 1.54) is 0 Å². The van der Waals surface area contributed by atoms with Crippen molar-refractivity contribution < 1.29 is 9.21 Å². The van der Waals surface area contributed by atoms with Crippen LogP contribution in [0, 0.1) is 13.8 Å². The number of oxazole rings is 1. The van der Waals surface area contributed by atoms with E-state index in [2.05, 4.69) is 24.6 Å². The summed E-state index contributed by atoms with van der Waals surface area (Å²) in [6.07, 6.45) is 0. The van der Waals surface area contributed by atoms with E-state index in [0.717, 1.165) is 18.2 Å². The number of rotatable bonds is 3. The summed E-state index contributed by atoms with van der Waals surface area (Å²) >= 11 is 0. The maximum Gasteiger partial charge on any atom is 0.256 e. The first-order valence-electron chi connectivity index (χ1n) is 8.64. The molecule has 0 saturated carbocycles. The molecule has 2 aromatic heterocycles. The molecule has 136 valence electrons. The Balaban J connectivity index is 1.74. The van der Waals surface area contributed by atoms with Crippen LogP contribution in [-0.2, 0) is 13.1 Å². The lowest BCUT2D eigenvalue weighted by Gasteiger charge is -2.37. The maximum atomic E-state index is 13.4. The van der Waals surface area contributed by atoms with Gasteiger partial charge < -0.3 is 18.8 Å². The van der Waals surface area contributed by atoms with Crippen LogP contribution in [0.2, 0.25) is 0 Å². The molecule has 3 aromatic rings. The number of hydrogen-bond acceptors (Lipinski definition) is 6. The zero-order chi connectivity index (χ0) is 18.4. The average Bonchev–Trinajstić information content (AvgIpc) is 3.15. The van der Waals surface area contributed by atoms with Crippen LogP contribution in [0.25, 0.3) is 11.1 Å². The summed E-state index contributed by atoms with van der Waals surface area (Å²) in [4.78, 5) is 21.8. The molecule has 1 aromatic carbocycles. The van der Waals surface area contributed by atoms with Gasteiger partial charge in [0.1, 0.15) is 11.3 Å². The molecule has 1 atom stereocenters. The van der Waals surface area contributed by atoms with E-state index >= 15 is 0 Å². The third kappa shape index (κ3) is 2.76. The molecule has 1 aliphatic heterocycles. The van der Waals surface area contributed by atoms with Crippen molar-refractivity contribution in [1.29, 1.82) is 0 Å². The molecule has 0 N–H and O–H groups in total. The van der Waals surface area contributed by atoms with Crippen molar-refractivity contribution in [2.75, 3.05) is 20.6 Å². The van der Waals surface area contributed by atoms with Gasteiger partial charge in [0, 0.05) is 20.0 Å². The van der Waals surface area contributed by atoms with Crippen molar-refractivity contribution in [1.82, 2.24) is 29.5 Å². The van der Waals surface area contributed by atoms with Crippen molar-refractivity contribution in [3.8, 4) is 0 Å². The second kappa shape index (κ2) is 6.21. The number of carbonyl (C=O) groups excluding carboxylic acids is 1. The minimum atomic E-state index is -0.0531. The summed E-state index contributed by atoms with van der Waals surface area (Å²) < 4.78 is 7.68. The second-order valence-electron chi connectivity index (χ2n) is 7.01. The smallest absolute Gasteiger partial charge is 0.256 e. The third-order valence-electron chi connectivity index (χ3n) is 4.75. The van der Waals surface area contributed by atoms with Gasteiger partial charge in [0.2, 0.25) is 0 Å². The number of benzene rings is 1. The van der Waals surface area contributed by atoms with E-state index in [-0.39, 0.29) is 11.9 Å². The lowest BCUT2D eigenvalue weighted by molar-refractivity contribution is 0.0545. The monoisotopic (exact) mass is 354 g/mol. The molecule has 0 saturated heterocycles. The molecule has 8 nitrogen and oxygen atoms in total. The molecule has 26 heavy (non-hydrogen) atoms. The fourth-order valence-electron chi connectivity index (χ4n) is 3.57. The first-order valence-corrected chi connectivity index (χ1v) is 8.64. The van der Waals surface area contributed by atoms with Crippen molar-refractivity contribution in [2.45, 2.75) is 33.0 Å². The van der Waals surface area contributed by atoms with E-state index in [1.54, 1.807) is 6.92 Å². The van der Waals surface area contributed by atoms with E-state index in [9.17, 15) is 4.79 Å². The quantitative estimate of drug-likeness (QED) is 0.711. The highest BCUT2D eigenvalue weighted by molar-refractivity contribution is 6.04. The van der Waals surface area contributed by atoms with E-state index < -0.39 is 0 Å². The number of carbonyl (C=O) groups is 1. The number of fused-ring (bicyclic) bond motifs is 2. The highest BCUT2D eigenvalue weighted by atomic mass is 16.3. The highest BCUT2D eigenvalue weighted by Gasteiger charge is 2.33. The fourth-order valence-corrected chi connectivity index (χ4v) is 3.57. The topological polar surface area (TPSA) is 80.3 Å². The maximum absolute atomic E-state index is 13.4. The van der Waals surface area contributed by atoms with Gasteiger partial charge in [-0.3, -0.25) is 4.79 Å². The number of para-hydroxylation sites is 1. The molecule has 1 amide bonds. The van der Waals surface area contributed by atoms with Crippen molar-refractivity contribution in [3.05, 3.63) is 41.3 Å². The molecule has 1 unspecified atom stereocenters. The number of hydrogen-bond donors (Lipinski definition) is 0. The largest absolute Gasteiger partial charge is 0.441 e. The van der Waals surface area contributed by atoms with Gasteiger partial charge in [-0.1, -0.05) is 6.07 Å². The van der Waals surface area contributed by atoms with Gasteiger partial charge in [0.15, 0.2) is 17.3 Å². The lowest BCUT2D eigenvalue weighted by Crippen LogP contribution is -2.51. The van der Waals surface area contributed by atoms with Crippen LogP contribution in [0.5, 0.6) is 0 Å². The van der Waals surface area contributed by atoms with Crippen LogP contribution in [0.1, 0.15) is 27.9 Å². The number of amides is 1. The molecular formula is C18H22N6O2. The predicted octanol–water partition coefficient (Wildman–Crippen LogP) is 1.62. The summed E-state index contributed by atoms with van der Waals surface area (Å²) in [6.45, 7) is 5.61. The number of aryl methyl sites for hydroxylation is 2. The average molecular weight is 354 g/mol. The zero-order valence-electron chi connectivity index (χ0n) is 15.4. The van der Waals surface area contributed by atoms with Crippen LogP contribution in [-0.4, -0.2) is 62.1 Å². The Morgan fingerprint density at radius 3 is 2.88 bits per heavy atom. The standard InChI is InChI=1S/C18H22N6O2/c1-11-20-21-16-10-24(13(8-22(3)4)9-23(11)16)18(25)14-6-5-7-15-17(14)19-12(2)26-15/h5-7,13H,8-10H2,1-4H3. The van der Waals surface area contributed by atoms with Crippen molar-refractivity contribution in [2.24, 2.45) is 0 Å². The van der Waals surface area contributed by atoms with Crippen LogP contribution in [0.3, 0.4) is 0 Å². The minimum absolute atomic E-state index is 0.0305. The Bertz CT molecular complexity index is 973. The summed E-state index contributed by atoms with van der Waals surface area (Å²) in [5, 5.41) is 8.40. The van der Waals surface area contributed by atoms with Gasteiger partial charge >= 0.3 is 0 Å². The Morgan fingerprint density at radius 1 is 1.31 bits per heavy atom. The molecule has 0 spiro atoms. The van der Waals surface area contributed by atoms with Gasteiger partial charge in [-0.25, -0.2) is 4.98 Å². The van der Waals surface area contributed by atoms with E-state index in [4.69, 9.17) is 4.42 Å². The van der Waals surface area contributed by atoms with Gasteiger partial charge in [0.05, 0.1) is 18.2 Å². The van der Waals surface area contributed by atoms with Crippen molar-refractivity contribution >= 4 is 17.0 Å². The van der Waals surface area contributed by atoms with Gasteiger partial charge in [-0.2, -0.15) is 0 Å². The summed E-state index contributed by atoms with van der Waals surface area (Å²) in [5.41, 5.74) is 1.81. The zero-order valence-corrected chi connectivity index (χ0v) is 15.4. The molecule has 0 aliphatic carbocycles. The molecule has 0 radical (unpaired) electrons. The summed E-state index contributed by atoms with van der Waals surface area (Å²) in [6, 6.07) is 5.50. The number of nitrogens with zero attached hydrogens (tertiary/aromatic N) is 6. The Labute approximate surface area is 151 Å². The fraction of sp³-hybridized carbons (Fsp3) is 0.444. The minimum Gasteiger partial charge on any atom is -0.441 e. The molecule has 1 aliphatic rings.